The number of fused-ring (bicyclic) bond motifs is 1. The summed E-state index contributed by atoms with van der Waals surface area (Å²) in [5, 5.41) is 6.56. The number of para-hydroxylation sites is 2. The average molecular weight is 389 g/mol. The molecule has 2 heterocycles. The highest BCUT2D eigenvalue weighted by Crippen LogP contribution is 2.36. The number of carbonyl (C=O) groups is 2. The van der Waals surface area contributed by atoms with Crippen LogP contribution in [0.1, 0.15) is 36.9 Å². The number of carbonyl (C=O) groups excluding carboxylic acids is 2. The summed E-state index contributed by atoms with van der Waals surface area (Å²) in [5.74, 6) is -0.118. The molecular weight excluding hydrogens is 370 g/mol. The van der Waals surface area contributed by atoms with E-state index in [-0.39, 0.29) is 5.91 Å². The average Bonchev–Trinajstić information content (AvgIpc) is 3.12. The number of hydrazone groups is 1. The number of aryl methyl sites for hydroxylation is 1. The molecule has 0 saturated heterocycles. The van der Waals surface area contributed by atoms with Crippen LogP contribution in [0, 0.1) is 6.92 Å². The summed E-state index contributed by atoms with van der Waals surface area (Å²) in [6.45, 7) is 4.62. The Kier molecular flexibility index (Phi) is 4.72. The number of pyridine rings is 1. The van der Waals surface area contributed by atoms with Crippen molar-refractivity contribution in [1.82, 2.24) is 9.99 Å². The third-order valence-electron chi connectivity index (χ3n) is 4.48. The molecule has 4 rings (SSSR count). The Bertz CT molecular complexity index is 1160. The van der Waals surface area contributed by atoms with E-state index >= 15 is 0 Å². The summed E-state index contributed by atoms with van der Waals surface area (Å²) in [5.41, 5.74) is 2.90. The minimum Gasteiger partial charge on any atom is -0.445 e. The van der Waals surface area contributed by atoms with Crippen molar-refractivity contribution in [2.75, 3.05) is 0 Å². The van der Waals surface area contributed by atoms with Gasteiger partial charge in [0.05, 0.1) is 11.1 Å². The number of nitrogens with zero attached hydrogens (tertiary/aromatic N) is 3. The molecule has 0 aliphatic carbocycles. The highest BCUT2D eigenvalue weighted by atomic mass is 16.5. The molecule has 0 spiro atoms. The van der Waals surface area contributed by atoms with Crippen molar-refractivity contribution in [3.05, 3.63) is 71.4 Å². The number of aromatic nitrogens is 1. The first-order valence-electron chi connectivity index (χ1n) is 9.13. The molecule has 1 atom stereocenters. The topological polar surface area (TPSA) is 81.1 Å². The molecule has 7 heteroatoms. The van der Waals surface area contributed by atoms with Crippen molar-refractivity contribution in [3.63, 3.8) is 0 Å². The standard InChI is InChI=1S/C22H19N3O4/c1-13-12-18(16-8-4-6-10-19(16)23-13)21-24-25(14(2)26)22(29-21)17-9-5-7-11-20(17)28-15(3)27/h4-12,22H,1-3H3/t22-/m0/s1. The maximum atomic E-state index is 12.3. The molecule has 0 saturated carbocycles. The van der Waals surface area contributed by atoms with E-state index in [0.717, 1.165) is 22.2 Å². The molecular formula is C22H19N3O4. The third-order valence-corrected chi connectivity index (χ3v) is 4.48. The van der Waals surface area contributed by atoms with Gasteiger partial charge < -0.3 is 9.47 Å². The molecule has 0 bridgehead atoms. The van der Waals surface area contributed by atoms with Crippen LogP contribution in [0.4, 0.5) is 0 Å². The number of hydrogen-bond acceptors (Lipinski definition) is 6. The maximum Gasteiger partial charge on any atom is 0.308 e. The molecule has 1 amide bonds. The number of amides is 1. The lowest BCUT2D eigenvalue weighted by atomic mass is 10.1. The third kappa shape index (κ3) is 3.54. The molecule has 29 heavy (non-hydrogen) atoms. The van der Waals surface area contributed by atoms with Crippen LogP contribution in [0.3, 0.4) is 0 Å². The second-order valence-corrected chi connectivity index (χ2v) is 6.70. The Hall–Kier alpha value is -3.74. The maximum absolute atomic E-state index is 12.3. The Balaban J connectivity index is 1.80. The zero-order valence-corrected chi connectivity index (χ0v) is 16.2. The van der Waals surface area contributed by atoms with E-state index in [2.05, 4.69) is 10.1 Å². The first-order valence-corrected chi connectivity index (χ1v) is 9.13. The summed E-state index contributed by atoms with van der Waals surface area (Å²) in [4.78, 5) is 28.3. The number of benzene rings is 2. The number of hydrogen-bond donors (Lipinski definition) is 0. The Morgan fingerprint density at radius 3 is 2.55 bits per heavy atom. The minimum atomic E-state index is -0.842. The molecule has 1 aliphatic heterocycles. The van der Waals surface area contributed by atoms with E-state index in [4.69, 9.17) is 9.47 Å². The van der Waals surface area contributed by atoms with Crippen LogP contribution >= 0.6 is 0 Å². The lowest BCUT2D eigenvalue weighted by Gasteiger charge is -2.21. The van der Waals surface area contributed by atoms with E-state index < -0.39 is 12.2 Å². The van der Waals surface area contributed by atoms with Crippen LogP contribution in [0.25, 0.3) is 10.9 Å². The quantitative estimate of drug-likeness (QED) is 0.504. The molecule has 0 N–H and O–H groups in total. The minimum absolute atomic E-state index is 0.294. The van der Waals surface area contributed by atoms with Crippen molar-refractivity contribution in [3.8, 4) is 5.75 Å². The van der Waals surface area contributed by atoms with Gasteiger partial charge in [-0.1, -0.05) is 30.3 Å². The largest absolute Gasteiger partial charge is 0.445 e. The van der Waals surface area contributed by atoms with E-state index in [1.165, 1.54) is 18.9 Å². The molecule has 0 fully saturated rings. The van der Waals surface area contributed by atoms with Gasteiger partial charge in [0.25, 0.3) is 0 Å². The van der Waals surface area contributed by atoms with Gasteiger partial charge >= 0.3 is 5.97 Å². The van der Waals surface area contributed by atoms with Crippen molar-refractivity contribution < 1.29 is 19.1 Å². The molecule has 146 valence electrons. The second kappa shape index (κ2) is 7.35. The number of esters is 1. The van der Waals surface area contributed by atoms with E-state index in [1.54, 1.807) is 24.3 Å². The zero-order chi connectivity index (χ0) is 20.5. The summed E-state index contributed by atoms with van der Waals surface area (Å²) in [6.07, 6.45) is -0.842. The fourth-order valence-corrected chi connectivity index (χ4v) is 3.29. The van der Waals surface area contributed by atoms with Crippen LogP contribution < -0.4 is 4.74 Å². The van der Waals surface area contributed by atoms with Gasteiger partial charge in [0.2, 0.25) is 18.0 Å². The molecule has 3 aromatic rings. The molecule has 1 aliphatic rings. The molecule has 0 unspecified atom stereocenters. The summed E-state index contributed by atoms with van der Waals surface area (Å²) < 4.78 is 11.4. The molecule has 7 nitrogen and oxygen atoms in total. The van der Waals surface area contributed by atoms with Crippen molar-refractivity contribution in [2.24, 2.45) is 5.10 Å². The Morgan fingerprint density at radius 2 is 1.79 bits per heavy atom. The lowest BCUT2D eigenvalue weighted by Crippen LogP contribution is -2.26. The Labute approximate surface area is 167 Å². The SMILES string of the molecule is CC(=O)Oc1ccccc1[C@@H]1OC(c2cc(C)nc3ccccc23)=NN1C(C)=O. The number of rotatable bonds is 3. The van der Waals surface area contributed by atoms with Crippen LogP contribution in [-0.2, 0) is 14.3 Å². The van der Waals surface area contributed by atoms with Crippen molar-refractivity contribution in [1.29, 1.82) is 0 Å². The van der Waals surface area contributed by atoms with Gasteiger partial charge in [0.1, 0.15) is 5.75 Å². The Morgan fingerprint density at radius 1 is 1.07 bits per heavy atom. The van der Waals surface area contributed by atoms with E-state index in [1.807, 2.05) is 37.3 Å². The van der Waals surface area contributed by atoms with Gasteiger partial charge in [-0.25, -0.2) is 0 Å². The van der Waals surface area contributed by atoms with E-state index in [0.29, 0.717) is 17.2 Å². The van der Waals surface area contributed by atoms with Gasteiger partial charge in [0, 0.05) is 30.5 Å². The fourth-order valence-electron chi connectivity index (χ4n) is 3.29. The fraction of sp³-hybridized carbons (Fsp3) is 0.182. The van der Waals surface area contributed by atoms with Crippen LogP contribution in [0.2, 0.25) is 0 Å². The first-order chi connectivity index (χ1) is 13.9. The van der Waals surface area contributed by atoms with Crippen molar-refractivity contribution in [2.45, 2.75) is 27.0 Å². The highest BCUT2D eigenvalue weighted by Gasteiger charge is 2.35. The van der Waals surface area contributed by atoms with Gasteiger partial charge in [-0.3, -0.25) is 14.6 Å². The predicted octanol–water partition coefficient (Wildman–Crippen LogP) is 3.71. The van der Waals surface area contributed by atoms with Gasteiger partial charge in [-0.15, -0.1) is 5.10 Å². The first kappa shape index (κ1) is 18.6. The summed E-state index contributed by atoms with van der Waals surface area (Å²) in [6, 6.07) is 16.5. The molecule has 0 radical (unpaired) electrons. The van der Waals surface area contributed by atoms with Gasteiger partial charge in [0.15, 0.2) is 0 Å². The lowest BCUT2D eigenvalue weighted by molar-refractivity contribution is -0.135. The molecule has 2 aromatic carbocycles. The highest BCUT2D eigenvalue weighted by molar-refractivity contribution is 6.07. The summed E-state index contributed by atoms with van der Waals surface area (Å²) >= 11 is 0. The summed E-state index contributed by atoms with van der Waals surface area (Å²) in [7, 11) is 0. The van der Waals surface area contributed by atoms with Gasteiger partial charge in [-0.2, -0.15) is 5.01 Å². The second-order valence-electron chi connectivity index (χ2n) is 6.70. The normalized spacial score (nSPS) is 15.8. The monoisotopic (exact) mass is 389 g/mol. The van der Waals surface area contributed by atoms with Gasteiger partial charge in [-0.05, 0) is 31.2 Å². The van der Waals surface area contributed by atoms with Crippen LogP contribution in [0.5, 0.6) is 5.75 Å². The van der Waals surface area contributed by atoms with E-state index in [9.17, 15) is 9.59 Å². The molecule has 1 aromatic heterocycles. The number of ether oxygens (including phenoxy) is 2. The predicted molar refractivity (Wildman–Crippen MR) is 107 cm³/mol. The zero-order valence-electron chi connectivity index (χ0n) is 16.2. The van der Waals surface area contributed by atoms with Crippen LogP contribution in [-0.4, -0.2) is 27.8 Å². The van der Waals surface area contributed by atoms with Crippen LogP contribution in [0.15, 0.2) is 59.7 Å². The van der Waals surface area contributed by atoms with Crippen molar-refractivity contribution >= 4 is 28.7 Å². The smallest absolute Gasteiger partial charge is 0.308 e.